The van der Waals surface area contributed by atoms with Crippen LogP contribution in [0.3, 0.4) is 0 Å². The Hall–Kier alpha value is -3.03. The van der Waals surface area contributed by atoms with E-state index in [-0.39, 0.29) is 17.8 Å². The van der Waals surface area contributed by atoms with E-state index in [1.54, 1.807) is 36.7 Å². The first-order chi connectivity index (χ1) is 12.2. The molecule has 4 rings (SSSR count). The fourth-order valence-corrected chi connectivity index (χ4v) is 3.08. The van der Waals surface area contributed by atoms with Crippen LogP contribution in [0.2, 0.25) is 0 Å². The summed E-state index contributed by atoms with van der Waals surface area (Å²) < 4.78 is 30.8. The van der Waals surface area contributed by atoms with Crippen molar-refractivity contribution in [2.75, 3.05) is 5.32 Å². The van der Waals surface area contributed by atoms with Crippen LogP contribution in [0.15, 0.2) is 55.1 Å². The van der Waals surface area contributed by atoms with E-state index in [1.807, 2.05) is 16.8 Å². The predicted octanol–water partition coefficient (Wildman–Crippen LogP) is 3.42. The lowest BCUT2D eigenvalue weighted by Crippen LogP contribution is -2.28. The van der Waals surface area contributed by atoms with Crippen molar-refractivity contribution >= 4 is 5.95 Å². The van der Waals surface area contributed by atoms with E-state index >= 15 is 0 Å². The first-order valence-corrected chi connectivity index (χ1v) is 7.81. The highest BCUT2D eigenvalue weighted by atomic mass is 19.3. The van der Waals surface area contributed by atoms with Crippen LogP contribution in [0, 0.1) is 0 Å². The molecule has 2 atom stereocenters. The van der Waals surface area contributed by atoms with Gasteiger partial charge in [-0.05, 0) is 41.8 Å². The standard InChI is InChI=1S/C17H15F2N5O/c18-16(19)25-13-3-1-11(2-4-13)14-9-15(12-5-7-20-8-6-12)24-17(23-14)21-10-22-24/h1-8,10,14-16H,9H2,(H,21,22,23). The fourth-order valence-electron chi connectivity index (χ4n) is 3.08. The van der Waals surface area contributed by atoms with Crippen LogP contribution in [0.25, 0.3) is 0 Å². The van der Waals surface area contributed by atoms with Crippen LogP contribution in [0.1, 0.15) is 29.6 Å². The molecule has 0 saturated carbocycles. The first kappa shape index (κ1) is 15.5. The summed E-state index contributed by atoms with van der Waals surface area (Å²) in [6.45, 7) is -2.83. The number of aromatic nitrogens is 4. The molecule has 1 aliphatic heterocycles. The van der Waals surface area contributed by atoms with Gasteiger partial charge in [0.25, 0.3) is 0 Å². The van der Waals surface area contributed by atoms with E-state index in [9.17, 15) is 8.78 Å². The fraction of sp³-hybridized carbons (Fsp3) is 0.235. The molecular formula is C17H15F2N5O. The molecule has 25 heavy (non-hydrogen) atoms. The number of alkyl halides is 2. The Kier molecular flexibility index (Phi) is 4.01. The van der Waals surface area contributed by atoms with Crippen molar-refractivity contribution in [3.63, 3.8) is 0 Å². The molecule has 0 bridgehead atoms. The van der Waals surface area contributed by atoms with E-state index < -0.39 is 6.61 Å². The maximum absolute atomic E-state index is 12.3. The Balaban J connectivity index is 1.62. The van der Waals surface area contributed by atoms with Crippen molar-refractivity contribution in [1.82, 2.24) is 19.7 Å². The minimum Gasteiger partial charge on any atom is -0.435 e. The Bertz CT molecular complexity index is 838. The zero-order valence-electron chi connectivity index (χ0n) is 13.1. The van der Waals surface area contributed by atoms with Crippen LogP contribution in [0.5, 0.6) is 5.75 Å². The molecule has 2 unspecified atom stereocenters. The molecule has 6 nitrogen and oxygen atoms in total. The monoisotopic (exact) mass is 343 g/mol. The highest BCUT2D eigenvalue weighted by Gasteiger charge is 2.29. The molecule has 3 aromatic rings. The van der Waals surface area contributed by atoms with Gasteiger partial charge in [-0.3, -0.25) is 4.98 Å². The van der Waals surface area contributed by atoms with Gasteiger partial charge in [-0.2, -0.15) is 18.9 Å². The number of rotatable bonds is 4. The third kappa shape index (κ3) is 3.15. The minimum absolute atomic E-state index is 0.0174. The lowest BCUT2D eigenvalue weighted by Gasteiger charge is -2.31. The third-order valence-corrected chi connectivity index (χ3v) is 4.23. The number of nitrogens with zero attached hydrogens (tertiary/aromatic N) is 4. The molecule has 1 aliphatic rings. The van der Waals surface area contributed by atoms with E-state index in [2.05, 4.69) is 25.1 Å². The summed E-state index contributed by atoms with van der Waals surface area (Å²) in [6, 6.07) is 10.6. The average molecular weight is 343 g/mol. The van der Waals surface area contributed by atoms with Gasteiger partial charge in [0.05, 0.1) is 12.1 Å². The molecule has 128 valence electrons. The Morgan fingerprint density at radius 2 is 1.84 bits per heavy atom. The van der Waals surface area contributed by atoms with Gasteiger partial charge in [-0.1, -0.05) is 12.1 Å². The zero-order chi connectivity index (χ0) is 17.2. The molecule has 2 aromatic heterocycles. The number of pyridine rings is 1. The molecule has 0 amide bonds. The van der Waals surface area contributed by atoms with Gasteiger partial charge in [0, 0.05) is 12.4 Å². The van der Waals surface area contributed by atoms with E-state index in [4.69, 9.17) is 0 Å². The number of anilines is 1. The van der Waals surface area contributed by atoms with Crippen LogP contribution in [-0.4, -0.2) is 26.4 Å². The molecule has 0 aliphatic carbocycles. The van der Waals surface area contributed by atoms with Crippen molar-refractivity contribution in [2.24, 2.45) is 0 Å². The van der Waals surface area contributed by atoms with Gasteiger partial charge < -0.3 is 10.1 Å². The first-order valence-electron chi connectivity index (χ1n) is 7.81. The van der Waals surface area contributed by atoms with E-state index in [0.29, 0.717) is 5.95 Å². The molecule has 8 heteroatoms. The summed E-state index contributed by atoms with van der Waals surface area (Å²) in [5, 5.41) is 7.65. The van der Waals surface area contributed by atoms with Gasteiger partial charge >= 0.3 is 6.61 Å². The zero-order valence-corrected chi connectivity index (χ0v) is 13.1. The number of halogens is 2. The maximum Gasteiger partial charge on any atom is 0.387 e. The third-order valence-electron chi connectivity index (χ3n) is 4.23. The lowest BCUT2D eigenvalue weighted by atomic mass is 9.94. The predicted molar refractivity (Wildman–Crippen MR) is 86.5 cm³/mol. The van der Waals surface area contributed by atoms with Crippen molar-refractivity contribution in [2.45, 2.75) is 25.1 Å². The normalized spacial score (nSPS) is 19.3. The van der Waals surface area contributed by atoms with Crippen LogP contribution in [-0.2, 0) is 0 Å². The van der Waals surface area contributed by atoms with Crippen LogP contribution >= 0.6 is 0 Å². The quantitative estimate of drug-likeness (QED) is 0.786. The number of nitrogens with one attached hydrogen (secondary N) is 1. The van der Waals surface area contributed by atoms with Crippen LogP contribution < -0.4 is 10.1 Å². The Labute approximate surface area is 142 Å². The smallest absolute Gasteiger partial charge is 0.387 e. The molecule has 1 aromatic carbocycles. The van der Waals surface area contributed by atoms with Gasteiger partial charge in [0.15, 0.2) is 0 Å². The van der Waals surface area contributed by atoms with Crippen molar-refractivity contribution < 1.29 is 13.5 Å². The molecular weight excluding hydrogens is 328 g/mol. The van der Waals surface area contributed by atoms with E-state index in [0.717, 1.165) is 17.5 Å². The molecule has 1 N–H and O–H groups in total. The number of fused-ring (bicyclic) bond motifs is 1. The summed E-state index contributed by atoms with van der Waals surface area (Å²) in [4.78, 5) is 8.32. The van der Waals surface area contributed by atoms with Gasteiger partial charge in [0.2, 0.25) is 5.95 Å². The molecule has 0 saturated heterocycles. The maximum atomic E-state index is 12.3. The summed E-state index contributed by atoms with van der Waals surface area (Å²) in [7, 11) is 0. The van der Waals surface area contributed by atoms with Gasteiger partial charge in [-0.25, -0.2) is 4.68 Å². The molecule has 0 radical (unpaired) electrons. The largest absolute Gasteiger partial charge is 0.435 e. The molecule has 3 heterocycles. The second-order valence-electron chi connectivity index (χ2n) is 5.70. The number of hydrogen-bond acceptors (Lipinski definition) is 5. The summed E-state index contributed by atoms with van der Waals surface area (Å²) in [6.07, 6.45) is 5.76. The number of hydrogen-bond donors (Lipinski definition) is 1. The van der Waals surface area contributed by atoms with E-state index in [1.165, 1.54) is 6.33 Å². The highest BCUT2D eigenvalue weighted by molar-refractivity contribution is 5.39. The highest BCUT2D eigenvalue weighted by Crippen LogP contribution is 2.37. The number of ether oxygens (including phenoxy) is 1. The topological polar surface area (TPSA) is 64.9 Å². The van der Waals surface area contributed by atoms with Crippen molar-refractivity contribution in [3.8, 4) is 5.75 Å². The van der Waals surface area contributed by atoms with Crippen molar-refractivity contribution in [1.29, 1.82) is 0 Å². The SMILES string of the molecule is FC(F)Oc1ccc(C2CC(c3ccncc3)n3ncnc3N2)cc1. The van der Waals surface area contributed by atoms with Gasteiger partial charge in [0.1, 0.15) is 12.1 Å². The second-order valence-corrected chi connectivity index (χ2v) is 5.70. The number of benzene rings is 1. The second kappa shape index (κ2) is 6.46. The average Bonchev–Trinajstić information content (AvgIpc) is 3.10. The summed E-state index contributed by atoms with van der Waals surface area (Å²) in [5.41, 5.74) is 2.06. The minimum atomic E-state index is -2.83. The van der Waals surface area contributed by atoms with Gasteiger partial charge in [-0.15, -0.1) is 0 Å². The van der Waals surface area contributed by atoms with Crippen LogP contribution in [0.4, 0.5) is 14.7 Å². The Morgan fingerprint density at radius 3 is 2.56 bits per heavy atom. The molecule has 0 spiro atoms. The molecule has 0 fully saturated rings. The lowest BCUT2D eigenvalue weighted by molar-refractivity contribution is -0.0498. The summed E-state index contributed by atoms with van der Waals surface area (Å²) >= 11 is 0. The summed E-state index contributed by atoms with van der Waals surface area (Å²) in [5.74, 6) is 0.814. The Morgan fingerprint density at radius 1 is 1.08 bits per heavy atom. The van der Waals surface area contributed by atoms with Crippen molar-refractivity contribution in [3.05, 3.63) is 66.2 Å².